The van der Waals surface area contributed by atoms with E-state index in [1.807, 2.05) is 21.1 Å². The van der Waals surface area contributed by atoms with Crippen LogP contribution in [0.3, 0.4) is 0 Å². The maximum atomic E-state index is 12.6. The van der Waals surface area contributed by atoms with Gasteiger partial charge in [0.15, 0.2) is 6.10 Å². The number of ether oxygens (including phenoxy) is 2. The van der Waals surface area contributed by atoms with E-state index in [1.165, 1.54) is 70.6 Å². The fraction of sp³-hybridized carbons (Fsp3) is 0.773. The van der Waals surface area contributed by atoms with Gasteiger partial charge >= 0.3 is 19.8 Å². The highest BCUT2D eigenvalue weighted by Gasteiger charge is 2.27. The summed E-state index contributed by atoms with van der Waals surface area (Å²) in [5, 5.41) is 0. The molecular weight excluding hydrogens is 701 g/mol. The van der Waals surface area contributed by atoms with Gasteiger partial charge in [0.25, 0.3) is 0 Å². The Hall–Kier alpha value is -2.03. The summed E-state index contributed by atoms with van der Waals surface area (Å²) < 4.78 is 34.2. The van der Waals surface area contributed by atoms with Crippen LogP contribution in [0.2, 0.25) is 0 Å². The first-order valence-electron chi connectivity index (χ1n) is 21.4. The maximum absolute atomic E-state index is 12.6. The summed E-state index contributed by atoms with van der Waals surface area (Å²) in [7, 11) is 1.44. The molecule has 0 aliphatic rings. The van der Waals surface area contributed by atoms with Crippen molar-refractivity contribution in [1.29, 1.82) is 0 Å². The van der Waals surface area contributed by atoms with E-state index in [0.29, 0.717) is 17.4 Å². The van der Waals surface area contributed by atoms with E-state index in [0.717, 1.165) is 64.2 Å². The molecule has 0 saturated heterocycles. The molecule has 0 bridgehead atoms. The van der Waals surface area contributed by atoms with Crippen LogP contribution < -0.4 is 0 Å². The number of unbranched alkanes of at least 4 members (excludes halogenated alkanes) is 16. The molecule has 0 aliphatic heterocycles. The SMILES string of the molecule is CCCCCC/C=C\CCCCCCCC(=O)OC[C@H](COP(=O)(O)OCC[N+](C)(C)C)OC(=O)CCC/C=C\C/C=C\C/C=C\CCCCCCCC. The first-order chi connectivity index (χ1) is 26.0. The van der Waals surface area contributed by atoms with Crippen molar-refractivity contribution in [2.75, 3.05) is 47.5 Å². The smallest absolute Gasteiger partial charge is 0.462 e. The zero-order chi connectivity index (χ0) is 40.0. The second kappa shape index (κ2) is 36.6. The van der Waals surface area contributed by atoms with Crippen LogP contribution >= 0.6 is 7.82 Å². The molecule has 2 atom stereocenters. The largest absolute Gasteiger partial charge is 0.472 e. The highest BCUT2D eigenvalue weighted by molar-refractivity contribution is 7.47. The Balaban J connectivity index is 4.49. The first-order valence-corrected chi connectivity index (χ1v) is 22.9. The van der Waals surface area contributed by atoms with E-state index >= 15 is 0 Å². The molecule has 0 aromatic heterocycles. The highest BCUT2D eigenvalue weighted by Crippen LogP contribution is 2.43. The molecule has 0 aliphatic carbocycles. The number of carbonyl (C=O) groups excluding carboxylic acids is 2. The van der Waals surface area contributed by atoms with Crippen molar-refractivity contribution in [2.24, 2.45) is 0 Å². The van der Waals surface area contributed by atoms with Gasteiger partial charge in [0.1, 0.15) is 19.8 Å². The number of carbonyl (C=O) groups is 2. The quantitative estimate of drug-likeness (QED) is 0.0217. The zero-order valence-corrected chi connectivity index (χ0v) is 36.1. The molecule has 0 rings (SSSR count). The predicted octanol–water partition coefficient (Wildman–Crippen LogP) is 11.9. The molecule has 0 saturated carbocycles. The lowest BCUT2D eigenvalue weighted by Gasteiger charge is -2.24. The average molecular weight is 783 g/mol. The molecule has 0 heterocycles. The Morgan fingerprint density at radius 1 is 0.574 bits per heavy atom. The maximum Gasteiger partial charge on any atom is 0.472 e. The van der Waals surface area contributed by atoms with Gasteiger partial charge < -0.3 is 18.9 Å². The predicted molar refractivity (Wildman–Crippen MR) is 224 cm³/mol. The lowest BCUT2D eigenvalue weighted by molar-refractivity contribution is -0.870. The molecule has 0 fully saturated rings. The number of rotatable bonds is 38. The van der Waals surface area contributed by atoms with Crippen LogP contribution in [0, 0.1) is 0 Å². The van der Waals surface area contributed by atoms with Crippen molar-refractivity contribution in [1.82, 2.24) is 0 Å². The summed E-state index contributed by atoms with van der Waals surface area (Å²) in [6.45, 7) is 4.32. The number of phosphoric acid groups is 1. The Labute approximate surface area is 331 Å². The number of hydrogen-bond acceptors (Lipinski definition) is 7. The van der Waals surface area contributed by atoms with Crippen molar-refractivity contribution < 1.29 is 42.1 Å². The van der Waals surface area contributed by atoms with Crippen molar-refractivity contribution in [3.8, 4) is 0 Å². The topological polar surface area (TPSA) is 108 Å². The molecule has 10 heteroatoms. The van der Waals surface area contributed by atoms with Crippen molar-refractivity contribution in [3.05, 3.63) is 48.6 Å². The monoisotopic (exact) mass is 783 g/mol. The van der Waals surface area contributed by atoms with Crippen molar-refractivity contribution >= 4 is 19.8 Å². The standard InChI is InChI=1S/C44H80NO8P/c1-6-8-10-12-14-16-18-20-21-22-23-25-27-29-31-33-35-37-44(47)53-42(41-52-54(48,49)51-39-38-45(3,4)5)40-50-43(46)36-34-32-30-28-26-24-19-17-15-13-11-9-7-2/h17,19-21,23,25,29,31,42H,6-16,18,22,24,26-28,30,32-41H2,1-5H3/p+1/b19-17-,21-20-,25-23-,31-29-/t42-/m1/s1. The van der Waals surface area contributed by atoms with Gasteiger partial charge in [-0.05, 0) is 70.6 Å². The summed E-state index contributed by atoms with van der Waals surface area (Å²) in [5.41, 5.74) is 0. The average Bonchev–Trinajstić information content (AvgIpc) is 3.12. The summed E-state index contributed by atoms with van der Waals surface area (Å²) in [6, 6.07) is 0. The van der Waals surface area contributed by atoms with Gasteiger partial charge in [-0.25, -0.2) is 4.57 Å². The molecular formula is C44H81NO8P+. The number of allylic oxidation sites excluding steroid dienone is 8. The van der Waals surface area contributed by atoms with Crippen molar-refractivity contribution in [3.63, 3.8) is 0 Å². The van der Waals surface area contributed by atoms with E-state index < -0.39 is 32.5 Å². The number of esters is 2. The highest BCUT2D eigenvalue weighted by atomic mass is 31.2. The number of nitrogens with zero attached hydrogens (tertiary/aromatic N) is 1. The van der Waals surface area contributed by atoms with Gasteiger partial charge in [0, 0.05) is 12.8 Å². The number of likely N-dealkylation sites (N-methyl/N-ethyl adjacent to an activating group) is 1. The summed E-state index contributed by atoms with van der Waals surface area (Å²) in [5.74, 6) is -0.873. The van der Waals surface area contributed by atoms with Crippen LogP contribution in [0.4, 0.5) is 0 Å². The molecule has 0 aromatic rings. The zero-order valence-electron chi connectivity index (χ0n) is 35.2. The van der Waals surface area contributed by atoms with E-state index in [-0.39, 0.29) is 26.1 Å². The lowest BCUT2D eigenvalue weighted by atomic mass is 10.1. The molecule has 0 spiro atoms. The van der Waals surface area contributed by atoms with Crippen molar-refractivity contribution in [2.45, 2.75) is 174 Å². The third kappa shape index (κ3) is 39.7. The van der Waals surface area contributed by atoms with Gasteiger partial charge in [-0.2, -0.15) is 0 Å². The minimum Gasteiger partial charge on any atom is -0.462 e. The molecule has 54 heavy (non-hydrogen) atoms. The van der Waals surface area contributed by atoms with Gasteiger partial charge in [0.2, 0.25) is 0 Å². The normalized spacial score (nSPS) is 14.1. The number of phosphoric ester groups is 1. The molecule has 0 aromatic carbocycles. The second-order valence-corrected chi connectivity index (χ2v) is 16.8. The summed E-state index contributed by atoms with van der Waals surface area (Å²) in [6.07, 6.45) is 41.7. The Kier molecular flexibility index (Phi) is 35.2. The molecule has 1 unspecified atom stereocenters. The number of hydrogen-bond donors (Lipinski definition) is 1. The van der Waals surface area contributed by atoms with E-state index in [9.17, 15) is 19.0 Å². The first kappa shape index (κ1) is 52.0. The third-order valence-corrected chi connectivity index (χ3v) is 9.82. The van der Waals surface area contributed by atoms with Crippen LogP contribution in [0.15, 0.2) is 48.6 Å². The minimum atomic E-state index is -4.39. The van der Waals surface area contributed by atoms with Gasteiger partial charge in [-0.3, -0.25) is 18.6 Å². The van der Waals surface area contributed by atoms with Crippen LogP contribution in [-0.4, -0.2) is 74.9 Å². The fourth-order valence-electron chi connectivity index (χ4n) is 5.43. The van der Waals surface area contributed by atoms with Gasteiger partial charge in [0.05, 0.1) is 27.7 Å². The minimum absolute atomic E-state index is 0.0200. The Bertz CT molecular complexity index is 1070. The van der Waals surface area contributed by atoms with E-state index in [4.69, 9.17) is 18.5 Å². The molecule has 0 radical (unpaired) electrons. The van der Waals surface area contributed by atoms with Crippen LogP contribution in [-0.2, 0) is 32.7 Å². The number of quaternary nitrogens is 1. The van der Waals surface area contributed by atoms with Gasteiger partial charge in [-0.1, -0.05) is 133 Å². The second-order valence-electron chi connectivity index (χ2n) is 15.4. The van der Waals surface area contributed by atoms with Gasteiger partial charge in [-0.15, -0.1) is 0 Å². The Morgan fingerprint density at radius 2 is 1.02 bits per heavy atom. The van der Waals surface area contributed by atoms with E-state index in [1.54, 1.807) is 0 Å². The van der Waals surface area contributed by atoms with Crippen LogP contribution in [0.1, 0.15) is 168 Å². The fourth-order valence-corrected chi connectivity index (χ4v) is 6.18. The summed E-state index contributed by atoms with van der Waals surface area (Å²) >= 11 is 0. The lowest BCUT2D eigenvalue weighted by Crippen LogP contribution is -2.37. The molecule has 9 nitrogen and oxygen atoms in total. The molecule has 1 N–H and O–H groups in total. The van der Waals surface area contributed by atoms with Crippen LogP contribution in [0.5, 0.6) is 0 Å². The molecule has 0 amide bonds. The van der Waals surface area contributed by atoms with Crippen LogP contribution in [0.25, 0.3) is 0 Å². The third-order valence-electron chi connectivity index (χ3n) is 8.83. The molecule has 314 valence electrons. The Morgan fingerprint density at radius 3 is 1.57 bits per heavy atom. The summed E-state index contributed by atoms with van der Waals surface area (Å²) in [4.78, 5) is 35.3. The van der Waals surface area contributed by atoms with E-state index in [2.05, 4.69) is 62.5 Å².